The number of aromatic nitrogens is 2. The average molecular weight is 437 g/mol. The highest BCUT2D eigenvalue weighted by Gasteiger charge is 2.26. The summed E-state index contributed by atoms with van der Waals surface area (Å²) < 4.78 is 0. The zero-order chi connectivity index (χ0) is 22.3. The number of nitrogens with zero attached hydrogens (tertiary/aromatic N) is 4. The van der Waals surface area contributed by atoms with Crippen LogP contribution >= 0.6 is 0 Å². The van der Waals surface area contributed by atoms with Crippen molar-refractivity contribution >= 4 is 11.9 Å². The summed E-state index contributed by atoms with van der Waals surface area (Å²) in [5.41, 5.74) is 2.82. The lowest BCUT2D eigenvalue weighted by Gasteiger charge is -2.34. The minimum absolute atomic E-state index is 0.225. The van der Waals surface area contributed by atoms with E-state index in [1.165, 1.54) is 43.2 Å². The Balaban J connectivity index is 1.29. The monoisotopic (exact) mass is 436 g/mol. The van der Waals surface area contributed by atoms with Gasteiger partial charge in [-0.15, -0.1) is 0 Å². The van der Waals surface area contributed by atoms with Crippen LogP contribution in [0.3, 0.4) is 0 Å². The molecule has 1 saturated carbocycles. The maximum absolute atomic E-state index is 12.9. The molecule has 4 rings (SSSR count). The van der Waals surface area contributed by atoms with Crippen molar-refractivity contribution in [2.75, 3.05) is 37.6 Å². The molecule has 32 heavy (non-hydrogen) atoms. The number of carbonyl (C=O) groups excluding carboxylic acids is 1. The number of nitrogens with two attached hydrogens (primary N) is 1. The molecule has 0 spiro atoms. The Labute approximate surface area is 192 Å². The molecule has 1 aliphatic carbocycles. The van der Waals surface area contributed by atoms with Crippen LogP contribution < -0.4 is 10.2 Å². The summed E-state index contributed by atoms with van der Waals surface area (Å²) in [7, 11) is 0. The fourth-order valence-corrected chi connectivity index (χ4v) is 5.19. The maximum Gasteiger partial charge on any atom is 0.277 e. The van der Waals surface area contributed by atoms with Crippen LogP contribution in [-0.2, 0) is 4.79 Å². The number of amides is 1. The van der Waals surface area contributed by atoms with Gasteiger partial charge in [-0.3, -0.25) is 4.79 Å². The molecule has 1 saturated heterocycles. The topological polar surface area (TPSA) is 65.9 Å². The Hall–Kier alpha value is -2.47. The minimum Gasteiger partial charge on any atom is -0.337 e. The van der Waals surface area contributed by atoms with Gasteiger partial charge in [0, 0.05) is 50.1 Å². The number of anilines is 1. The average Bonchev–Trinajstić information content (AvgIpc) is 2.85. The molecular weight excluding hydrogens is 398 g/mol. The van der Waals surface area contributed by atoms with Gasteiger partial charge in [-0.25, -0.2) is 9.97 Å². The van der Waals surface area contributed by atoms with Gasteiger partial charge in [0.1, 0.15) is 6.04 Å². The van der Waals surface area contributed by atoms with Crippen molar-refractivity contribution in [3.8, 4) is 0 Å². The van der Waals surface area contributed by atoms with Crippen LogP contribution in [-0.4, -0.2) is 53.5 Å². The highest BCUT2D eigenvalue weighted by atomic mass is 16.2. The molecule has 172 valence electrons. The lowest BCUT2D eigenvalue weighted by atomic mass is 9.83. The van der Waals surface area contributed by atoms with E-state index in [4.69, 9.17) is 0 Å². The van der Waals surface area contributed by atoms with Crippen molar-refractivity contribution in [3.05, 3.63) is 53.9 Å². The molecule has 2 N–H and O–H groups in total. The maximum atomic E-state index is 12.9. The zero-order valence-electron chi connectivity index (χ0n) is 19.6. The van der Waals surface area contributed by atoms with E-state index in [-0.39, 0.29) is 5.91 Å². The van der Waals surface area contributed by atoms with Gasteiger partial charge in [-0.1, -0.05) is 57.4 Å². The van der Waals surface area contributed by atoms with Crippen LogP contribution in [0.25, 0.3) is 0 Å². The Kier molecular flexibility index (Phi) is 7.74. The van der Waals surface area contributed by atoms with E-state index < -0.39 is 0 Å². The Morgan fingerprint density at radius 1 is 1.00 bits per heavy atom. The lowest BCUT2D eigenvalue weighted by Crippen LogP contribution is -2.88. The third kappa shape index (κ3) is 5.66. The molecule has 1 aromatic heterocycles. The fourth-order valence-electron chi connectivity index (χ4n) is 5.19. The summed E-state index contributed by atoms with van der Waals surface area (Å²) in [5, 5.41) is 2.23. The fraction of sp³-hybridized carbons (Fsp3) is 0.577. The van der Waals surface area contributed by atoms with Gasteiger partial charge in [-0.2, -0.15) is 0 Å². The lowest BCUT2D eigenvalue weighted by molar-refractivity contribution is -0.692. The molecule has 1 aromatic carbocycles. The van der Waals surface area contributed by atoms with Gasteiger partial charge in [-0.05, 0) is 30.4 Å². The number of rotatable bonds is 7. The molecule has 2 fully saturated rings. The van der Waals surface area contributed by atoms with E-state index in [0.717, 1.165) is 38.0 Å². The standard InChI is InChI=1S/C26H37N5O/c1-20(2)25(23-11-9-22(10-12-23)21-7-4-3-5-8-21)29-19-24(32)30-15-17-31(18-16-30)26-27-13-6-14-28-26/h6,9-14,20-21,25,29H,3-5,7-8,15-19H2,1-2H3/p+1/t25-/m1/s1. The van der Waals surface area contributed by atoms with E-state index in [1.54, 1.807) is 12.4 Å². The van der Waals surface area contributed by atoms with Crippen molar-refractivity contribution < 1.29 is 10.1 Å². The van der Waals surface area contributed by atoms with Crippen LogP contribution in [0.15, 0.2) is 42.7 Å². The van der Waals surface area contributed by atoms with E-state index in [9.17, 15) is 4.79 Å². The Morgan fingerprint density at radius 2 is 1.66 bits per heavy atom. The SMILES string of the molecule is CC(C)[C@@H]([NH2+]CC(=O)N1CCN(c2ncccn2)CC1)c1ccc(C2CCCCC2)cc1. The normalized spacial score (nSPS) is 18.7. The molecule has 0 unspecified atom stereocenters. The number of carbonyl (C=O) groups is 1. The number of quaternary nitrogens is 1. The van der Waals surface area contributed by atoms with E-state index in [1.807, 2.05) is 11.0 Å². The molecule has 2 heterocycles. The first kappa shape index (κ1) is 22.7. The second kappa shape index (κ2) is 10.9. The largest absolute Gasteiger partial charge is 0.337 e. The van der Waals surface area contributed by atoms with Crippen molar-refractivity contribution in [3.63, 3.8) is 0 Å². The summed E-state index contributed by atoms with van der Waals surface area (Å²) in [4.78, 5) is 25.7. The molecule has 2 aromatic rings. The third-order valence-corrected chi connectivity index (χ3v) is 7.13. The van der Waals surface area contributed by atoms with Crippen molar-refractivity contribution in [2.45, 2.75) is 57.9 Å². The molecule has 0 radical (unpaired) electrons. The van der Waals surface area contributed by atoms with Gasteiger partial charge in [0.05, 0.1) is 0 Å². The molecular formula is C26H38N5O+. The second-order valence-corrected chi connectivity index (χ2v) is 9.63. The van der Waals surface area contributed by atoms with Crippen LogP contribution in [0.4, 0.5) is 5.95 Å². The number of benzene rings is 1. The van der Waals surface area contributed by atoms with Crippen molar-refractivity contribution in [2.24, 2.45) is 5.92 Å². The van der Waals surface area contributed by atoms with Gasteiger partial charge in [0.2, 0.25) is 5.95 Å². The van der Waals surface area contributed by atoms with Crippen LogP contribution in [0.5, 0.6) is 0 Å². The Morgan fingerprint density at radius 3 is 2.28 bits per heavy atom. The number of hydrogen-bond acceptors (Lipinski definition) is 4. The summed E-state index contributed by atoms with van der Waals surface area (Å²) in [6.07, 6.45) is 10.3. The van der Waals surface area contributed by atoms with E-state index >= 15 is 0 Å². The summed E-state index contributed by atoms with van der Waals surface area (Å²) in [6.45, 7) is 8.02. The van der Waals surface area contributed by atoms with Crippen molar-refractivity contribution in [1.82, 2.24) is 14.9 Å². The molecule has 6 nitrogen and oxygen atoms in total. The predicted molar refractivity (Wildman–Crippen MR) is 127 cm³/mol. The highest BCUT2D eigenvalue weighted by Crippen LogP contribution is 2.33. The van der Waals surface area contributed by atoms with Gasteiger partial charge >= 0.3 is 0 Å². The highest BCUT2D eigenvalue weighted by molar-refractivity contribution is 5.77. The first-order chi connectivity index (χ1) is 15.6. The molecule has 6 heteroatoms. The molecule has 1 atom stereocenters. The van der Waals surface area contributed by atoms with Crippen LogP contribution in [0.2, 0.25) is 0 Å². The molecule has 1 aliphatic heterocycles. The van der Waals surface area contributed by atoms with Gasteiger partial charge in [0.25, 0.3) is 5.91 Å². The van der Waals surface area contributed by atoms with Crippen molar-refractivity contribution in [1.29, 1.82) is 0 Å². The first-order valence-electron chi connectivity index (χ1n) is 12.3. The first-order valence-corrected chi connectivity index (χ1v) is 12.3. The number of piperazine rings is 1. The van der Waals surface area contributed by atoms with E-state index in [0.29, 0.717) is 18.5 Å². The molecule has 2 aliphatic rings. The summed E-state index contributed by atoms with van der Waals surface area (Å²) in [6, 6.07) is 11.4. The second-order valence-electron chi connectivity index (χ2n) is 9.63. The minimum atomic E-state index is 0.225. The summed E-state index contributed by atoms with van der Waals surface area (Å²) in [5.74, 6) is 2.18. The summed E-state index contributed by atoms with van der Waals surface area (Å²) >= 11 is 0. The number of hydrogen-bond donors (Lipinski definition) is 1. The third-order valence-electron chi connectivity index (χ3n) is 7.13. The smallest absolute Gasteiger partial charge is 0.277 e. The van der Waals surface area contributed by atoms with Gasteiger partial charge < -0.3 is 15.1 Å². The van der Waals surface area contributed by atoms with E-state index in [2.05, 4.69) is 58.3 Å². The Bertz CT molecular complexity index is 840. The quantitative estimate of drug-likeness (QED) is 0.724. The molecule has 0 bridgehead atoms. The van der Waals surface area contributed by atoms with Crippen LogP contribution in [0, 0.1) is 5.92 Å². The van der Waals surface area contributed by atoms with Crippen LogP contribution in [0.1, 0.15) is 69.0 Å². The van der Waals surface area contributed by atoms with Gasteiger partial charge in [0.15, 0.2) is 6.54 Å². The molecule has 1 amide bonds. The predicted octanol–water partition coefficient (Wildman–Crippen LogP) is 3.13. The zero-order valence-corrected chi connectivity index (χ0v) is 19.6.